The SMILES string of the molecule is Cc1ccc(N)c(OC(C)c2ccccc2)n1. The van der Waals surface area contributed by atoms with Crippen LogP contribution >= 0.6 is 0 Å². The Morgan fingerprint density at radius 3 is 2.53 bits per heavy atom. The third-order valence-electron chi connectivity index (χ3n) is 2.59. The second-order valence-corrected chi connectivity index (χ2v) is 4.02. The molecule has 0 aliphatic carbocycles. The Labute approximate surface area is 101 Å². The van der Waals surface area contributed by atoms with Gasteiger partial charge in [-0.15, -0.1) is 0 Å². The van der Waals surface area contributed by atoms with Gasteiger partial charge in [-0.1, -0.05) is 30.3 Å². The van der Waals surface area contributed by atoms with E-state index in [2.05, 4.69) is 4.98 Å². The molecule has 0 aliphatic rings. The molecule has 0 bridgehead atoms. The smallest absolute Gasteiger partial charge is 0.237 e. The van der Waals surface area contributed by atoms with Crippen LogP contribution < -0.4 is 10.5 Å². The summed E-state index contributed by atoms with van der Waals surface area (Å²) in [4.78, 5) is 4.29. The molecule has 0 fully saturated rings. The molecule has 1 aromatic heterocycles. The molecule has 1 atom stereocenters. The Morgan fingerprint density at radius 1 is 1.12 bits per heavy atom. The molecule has 0 aliphatic heterocycles. The summed E-state index contributed by atoms with van der Waals surface area (Å²) in [6, 6.07) is 13.7. The first-order valence-electron chi connectivity index (χ1n) is 5.61. The van der Waals surface area contributed by atoms with Gasteiger partial charge in [0.15, 0.2) is 0 Å². The third kappa shape index (κ3) is 2.75. The van der Waals surface area contributed by atoms with Gasteiger partial charge < -0.3 is 10.5 Å². The van der Waals surface area contributed by atoms with Crippen LogP contribution in [-0.2, 0) is 0 Å². The molecule has 0 amide bonds. The Hall–Kier alpha value is -2.03. The maximum atomic E-state index is 5.83. The Bertz CT molecular complexity index is 497. The van der Waals surface area contributed by atoms with E-state index in [1.165, 1.54) is 0 Å². The predicted molar refractivity (Wildman–Crippen MR) is 68.9 cm³/mol. The maximum absolute atomic E-state index is 5.83. The fourth-order valence-electron chi connectivity index (χ4n) is 1.60. The minimum Gasteiger partial charge on any atom is -0.468 e. The monoisotopic (exact) mass is 228 g/mol. The molecule has 17 heavy (non-hydrogen) atoms. The van der Waals surface area contributed by atoms with Crippen molar-refractivity contribution >= 4 is 5.69 Å². The number of nitrogen functional groups attached to an aromatic ring is 1. The fourth-order valence-corrected chi connectivity index (χ4v) is 1.60. The number of benzene rings is 1. The van der Waals surface area contributed by atoms with E-state index in [1.807, 2.05) is 56.3 Å². The average Bonchev–Trinajstić information content (AvgIpc) is 2.35. The van der Waals surface area contributed by atoms with Crippen molar-refractivity contribution in [3.63, 3.8) is 0 Å². The zero-order valence-electron chi connectivity index (χ0n) is 10.1. The van der Waals surface area contributed by atoms with Crippen LogP contribution in [0.25, 0.3) is 0 Å². The Morgan fingerprint density at radius 2 is 1.82 bits per heavy atom. The van der Waals surface area contributed by atoms with Gasteiger partial charge in [0.2, 0.25) is 5.88 Å². The fraction of sp³-hybridized carbons (Fsp3) is 0.214. The second-order valence-electron chi connectivity index (χ2n) is 4.02. The van der Waals surface area contributed by atoms with Gasteiger partial charge in [0.05, 0.1) is 5.69 Å². The van der Waals surface area contributed by atoms with Gasteiger partial charge in [-0.05, 0) is 31.5 Å². The van der Waals surface area contributed by atoms with Gasteiger partial charge >= 0.3 is 0 Å². The summed E-state index contributed by atoms with van der Waals surface area (Å²) in [5.74, 6) is 0.501. The first-order valence-corrected chi connectivity index (χ1v) is 5.61. The van der Waals surface area contributed by atoms with E-state index in [0.29, 0.717) is 11.6 Å². The molecule has 88 valence electrons. The Kier molecular flexibility index (Phi) is 3.28. The highest BCUT2D eigenvalue weighted by Gasteiger charge is 2.10. The summed E-state index contributed by atoms with van der Waals surface area (Å²) in [5.41, 5.74) is 8.40. The number of hydrogen-bond acceptors (Lipinski definition) is 3. The summed E-state index contributed by atoms with van der Waals surface area (Å²) < 4.78 is 5.78. The van der Waals surface area contributed by atoms with Crippen molar-refractivity contribution in [3.8, 4) is 5.88 Å². The number of nitrogens with two attached hydrogens (primary N) is 1. The largest absolute Gasteiger partial charge is 0.468 e. The van der Waals surface area contributed by atoms with Crippen LogP contribution in [0.2, 0.25) is 0 Å². The normalized spacial score (nSPS) is 12.1. The number of rotatable bonds is 3. The van der Waals surface area contributed by atoms with E-state index in [1.54, 1.807) is 0 Å². The molecule has 2 N–H and O–H groups in total. The zero-order valence-corrected chi connectivity index (χ0v) is 10.1. The average molecular weight is 228 g/mol. The molecule has 2 aromatic rings. The van der Waals surface area contributed by atoms with E-state index < -0.39 is 0 Å². The second kappa shape index (κ2) is 4.87. The zero-order chi connectivity index (χ0) is 12.3. The van der Waals surface area contributed by atoms with Crippen molar-refractivity contribution < 1.29 is 4.74 Å². The van der Waals surface area contributed by atoms with Crippen molar-refractivity contribution in [1.29, 1.82) is 0 Å². The molecule has 0 radical (unpaired) electrons. The van der Waals surface area contributed by atoms with Gasteiger partial charge in [0.1, 0.15) is 6.10 Å². The minimum atomic E-state index is -0.0622. The first kappa shape index (κ1) is 11.5. The molecule has 0 saturated heterocycles. The van der Waals surface area contributed by atoms with E-state index in [9.17, 15) is 0 Å². The first-order chi connectivity index (χ1) is 8.16. The summed E-state index contributed by atoms with van der Waals surface area (Å²) in [7, 11) is 0. The van der Waals surface area contributed by atoms with Crippen LogP contribution in [-0.4, -0.2) is 4.98 Å². The molecule has 0 spiro atoms. The van der Waals surface area contributed by atoms with Crippen molar-refractivity contribution in [2.75, 3.05) is 5.73 Å². The lowest BCUT2D eigenvalue weighted by Gasteiger charge is -2.15. The quantitative estimate of drug-likeness (QED) is 0.878. The van der Waals surface area contributed by atoms with Crippen molar-refractivity contribution in [2.45, 2.75) is 20.0 Å². The van der Waals surface area contributed by atoms with Crippen LogP contribution in [0.3, 0.4) is 0 Å². The van der Waals surface area contributed by atoms with Gasteiger partial charge in [-0.2, -0.15) is 0 Å². The number of pyridine rings is 1. The van der Waals surface area contributed by atoms with Gasteiger partial charge in [0, 0.05) is 5.69 Å². The highest BCUT2D eigenvalue weighted by atomic mass is 16.5. The van der Waals surface area contributed by atoms with Crippen LogP contribution in [0.4, 0.5) is 5.69 Å². The van der Waals surface area contributed by atoms with Crippen molar-refractivity contribution in [2.24, 2.45) is 0 Å². The summed E-state index contributed by atoms with van der Waals surface area (Å²) in [6.45, 7) is 3.90. The summed E-state index contributed by atoms with van der Waals surface area (Å²) in [6.07, 6.45) is -0.0622. The Balaban J connectivity index is 2.18. The van der Waals surface area contributed by atoms with Gasteiger partial charge in [-0.25, -0.2) is 4.98 Å². The topological polar surface area (TPSA) is 48.1 Å². The van der Waals surface area contributed by atoms with Gasteiger partial charge in [0.25, 0.3) is 0 Å². The minimum absolute atomic E-state index is 0.0622. The van der Waals surface area contributed by atoms with Crippen LogP contribution in [0.5, 0.6) is 5.88 Å². The highest BCUT2D eigenvalue weighted by molar-refractivity contribution is 5.48. The highest BCUT2D eigenvalue weighted by Crippen LogP contribution is 2.24. The molecular weight excluding hydrogens is 212 g/mol. The lowest BCUT2D eigenvalue weighted by molar-refractivity contribution is 0.218. The van der Waals surface area contributed by atoms with E-state index >= 15 is 0 Å². The molecular formula is C14H16N2O. The lowest BCUT2D eigenvalue weighted by Crippen LogP contribution is -2.06. The van der Waals surface area contributed by atoms with Crippen LogP contribution in [0.1, 0.15) is 24.3 Å². The summed E-state index contributed by atoms with van der Waals surface area (Å²) >= 11 is 0. The number of aryl methyl sites for hydroxylation is 1. The van der Waals surface area contributed by atoms with Crippen LogP contribution in [0, 0.1) is 6.92 Å². The molecule has 1 heterocycles. The molecule has 1 aromatic carbocycles. The number of hydrogen-bond donors (Lipinski definition) is 1. The number of ether oxygens (including phenoxy) is 1. The third-order valence-corrected chi connectivity index (χ3v) is 2.59. The molecule has 3 nitrogen and oxygen atoms in total. The number of nitrogens with zero attached hydrogens (tertiary/aromatic N) is 1. The van der Waals surface area contributed by atoms with Gasteiger partial charge in [-0.3, -0.25) is 0 Å². The van der Waals surface area contributed by atoms with E-state index in [4.69, 9.17) is 10.5 Å². The number of aromatic nitrogens is 1. The standard InChI is InChI=1S/C14H16N2O/c1-10-8-9-13(15)14(16-10)17-11(2)12-6-4-3-5-7-12/h3-9,11H,15H2,1-2H3. The summed E-state index contributed by atoms with van der Waals surface area (Å²) in [5, 5.41) is 0. The molecule has 3 heteroatoms. The van der Waals surface area contributed by atoms with Crippen molar-refractivity contribution in [3.05, 3.63) is 53.7 Å². The molecule has 0 saturated carbocycles. The molecule has 1 unspecified atom stereocenters. The van der Waals surface area contributed by atoms with Crippen LogP contribution in [0.15, 0.2) is 42.5 Å². The molecule has 2 rings (SSSR count). The van der Waals surface area contributed by atoms with Crippen molar-refractivity contribution in [1.82, 2.24) is 4.98 Å². The predicted octanol–water partition coefficient (Wildman–Crippen LogP) is 3.11. The van der Waals surface area contributed by atoms with E-state index in [-0.39, 0.29) is 6.10 Å². The number of anilines is 1. The lowest BCUT2D eigenvalue weighted by atomic mass is 10.1. The maximum Gasteiger partial charge on any atom is 0.237 e. The van der Waals surface area contributed by atoms with E-state index in [0.717, 1.165) is 11.3 Å².